The van der Waals surface area contributed by atoms with Crippen molar-refractivity contribution in [3.63, 3.8) is 0 Å². The second-order valence-corrected chi connectivity index (χ2v) is 3.67. The highest BCUT2D eigenvalue weighted by molar-refractivity contribution is 7.90. The molecule has 2 N–H and O–H groups in total. The maximum Gasteiger partial charge on any atom is 0.105 e. The van der Waals surface area contributed by atoms with Crippen LogP contribution < -0.4 is 4.72 Å². The van der Waals surface area contributed by atoms with Crippen LogP contribution in [0, 0.1) is 4.78 Å². The van der Waals surface area contributed by atoms with Crippen LogP contribution >= 0.6 is 0 Å². The molecule has 0 aromatic heterocycles. The predicted octanol–water partition coefficient (Wildman–Crippen LogP) is -0.0585. The fraction of sp³-hybridized carbons (Fsp3) is 1.00. The van der Waals surface area contributed by atoms with Crippen molar-refractivity contribution in [2.45, 2.75) is 6.42 Å². The molecule has 0 aromatic rings. The SMILES string of the molecule is N=S1(=O)CCCN1. The van der Waals surface area contributed by atoms with Gasteiger partial charge in [0.05, 0.1) is 0 Å². The van der Waals surface area contributed by atoms with E-state index in [0.29, 0.717) is 5.75 Å². The standard InChI is InChI=1S/C3H8N2OS/c4-7(6)3-1-2-5-7/h1-3H2,(H2,4,5,6). The number of nitrogens with one attached hydrogen (secondary N) is 2. The molecule has 1 fully saturated rings. The first-order valence-corrected chi connectivity index (χ1v) is 3.94. The average molecular weight is 120 g/mol. The monoisotopic (exact) mass is 120 g/mol. The number of hydrogen-bond donors (Lipinski definition) is 2. The quantitative estimate of drug-likeness (QED) is 0.462. The molecule has 4 heteroatoms. The van der Waals surface area contributed by atoms with Crippen LogP contribution in [0.25, 0.3) is 0 Å². The molecule has 0 spiro atoms. The molecule has 0 bridgehead atoms. The number of rotatable bonds is 0. The lowest BCUT2D eigenvalue weighted by Crippen LogP contribution is -2.13. The summed E-state index contributed by atoms with van der Waals surface area (Å²) in [5, 5.41) is 0. The highest BCUT2D eigenvalue weighted by Crippen LogP contribution is 1.96. The van der Waals surface area contributed by atoms with Crippen molar-refractivity contribution in [2.24, 2.45) is 0 Å². The Balaban J connectivity index is 2.76. The first kappa shape index (κ1) is 5.05. The molecule has 0 saturated carbocycles. The van der Waals surface area contributed by atoms with Gasteiger partial charge in [-0.3, -0.25) is 0 Å². The van der Waals surface area contributed by atoms with E-state index in [1.165, 1.54) is 0 Å². The van der Waals surface area contributed by atoms with Gasteiger partial charge in [0.1, 0.15) is 9.92 Å². The van der Waals surface area contributed by atoms with Gasteiger partial charge in [-0.25, -0.2) is 13.7 Å². The summed E-state index contributed by atoms with van der Waals surface area (Å²) in [6.07, 6.45) is 0.891. The van der Waals surface area contributed by atoms with E-state index in [1.807, 2.05) is 0 Å². The van der Waals surface area contributed by atoms with Crippen LogP contribution in [0.5, 0.6) is 0 Å². The Morgan fingerprint density at radius 3 is 2.57 bits per heavy atom. The zero-order valence-corrected chi connectivity index (χ0v) is 4.75. The van der Waals surface area contributed by atoms with E-state index in [9.17, 15) is 4.21 Å². The van der Waals surface area contributed by atoms with Crippen LogP contribution in [0.15, 0.2) is 0 Å². The van der Waals surface area contributed by atoms with Gasteiger partial charge in [0, 0.05) is 12.3 Å². The summed E-state index contributed by atoms with van der Waals surface area (Å²) in [6, 6.07) is 0. The van der Waals surface area contributed by atoms with E-state index < -0.39 is 9.92 Å². The lowest BCUT2D eigenvalue weighted by Gasteiger charge is -1.89. The Hall–Kier alpha value is -0.0900. The molecule has 42 valence electrons. The molecule has 0 amide bonds. The van der Waals surface area contributed by atoms with E-state index in [0.717, 1.165) is 13.0 Å². The Morgan fingerprint density at radius 2 is 2.43 bits per heavy atom. The fourth-order valence-electron chi connectivity index (χ4n) is 0.585. The van der Waals surface area contributed by atoms with Gasteiger partial charge in [0.15, 0.2) is 0 Å². The summed E-state index contributed by atoms with van der Waals surface area (Å²) in [5.41, 5.74) is 0. The summed E-state index contributed by atoms with van der Waals surface area (Å²) in [4.78, 5) is 0. The Morgan fingerprint density at radius 1 is 1.71 bits per heavy atom. The van der Waals surface area contributed by atoms with E-state index >= 15 is 0 Å². The molecule has 0 aliphatic carbocycles. The maximum atomic E-state index is 10.5. The van der Waals surface area contributed by atoms with Crippen molar-refractivity contribution in [3.05, 3.63) is 0 Å². The third-order valence-electron chi connectivity index (χ3n) is 0.944. The van der Waals surface area contributed by atoms with Crippen LogP contribution in [-0.2, 0) is 9.92 Å². The molecule has 0 radical (unpaired) electrons. The van der Waals surface area contributed by atoms with Crippen LogP contribution in [-0.4, -0.2) is 16.5 Å². The Bertz CT molecular complexity index is 136. The molecule has 3 nitrogen and oxygen atoms in total. The zero-order chi connectivity index (χ0) is 5.33. The molecule has 1 aliphatic rings. The molecule has 1 rings (SSSR count). The lowest BCUT2D eigenvalue weighted by atomic mass is 10.5. The van der Waals surface area contributed by atoms with Gasteiger partial charge in [-0.2, -0.15) is 0 Å². The normalized spacial score (nSPS) is 41.7. The van der Waals surface area contributed by atoms with Gasteiger partial charge in [-0.1, -0.05) is 0 Å². The minimum atomic E-state index is -2.30. The van der Waals surface area contributed by atoms with Gasteiger partial charge < -0.3 is 0 Å². The van der Waals surface area contributed by atoms with Crippen molar-refractivity contribution >= 4 is 9.92 Å². The van der Waals surface area contributed by atoms with E-state index in [1.54, 1.807) is 0 Å². The Labute approximate surface area is 43.2 Å². The van der Waals surface area contributed by atoms with Gasteiger partial charge in [0.25, 0.3) is 0 Å². The molecular formula is C3H8N2OS. The van der Waals surface area contributed by atoms with Crippen molar-refractivity contribution in [2.75, 3.05) is 12.3 Å². The number of hydrogen-bond acceptors (Lipinski definition) is 2. The third kappa shape index (κ3) is 1.14. The molecule has 1 atom stereocenters. The van der Waals surface area contributed by atoms with Gasteiger partial charge in [-0.05, 0) is 6.42 Å². The Kier molecular flexibility index (Phi) is 1.05. The van der Waals surface area contributed by atoms with Crippen molar-refractivity contribution in [3.8, 4) is 0 Å². The highest BCUT2D eigenvalue weighted by atomic mass is 32.2. The first-order chi connectivity index (χ1) is 3.21. The fourth-order valence-corrected chi connectivity index (χ4v) is 1.75. The van der Waals surface area contributed by atoms with Crippen LogP contribution in [0.4, 0.5) is 0 Å². The van der Waals surface area contributed by atoms with E-state index in [4.69, 9.17) is 4.78 Å². The summed E-state index contributed by atoms with van der Waals surface area (Å²) in [5.74, 6) is 0.535. The second kappa shape index (κ2) is 1.45. The van der Waals surface area contributed by atoms with Crippen molar-refractivity contribution in [1.29, 1.82) is 4.78 Å². The highest BCUT2D eigenvalue weighted by Gasteiger charge is 2.10. The van der Waals surface area contributed by atoms with Crippen LogP contribution in [0.1, 0.15) is 6.42 Å². The molecule has 7 heavy (non-hydrogen) atoms. The van der Waals surface area contributed by atoms with Gasteiger partial charge in [-0.15, -0.1) is 0 Å². The largest absolute Gasteiger partial charge is 0.240 e. The van der Waals surface area contributed by atoms with Gasteiger partial charge >= 0.3 is 0 Å². The molecule has 1 aliphatic heterocycles. The molecule has 1 unspecified atom stereocenters. The van der Waals surface area contributed by atoms with Crippen LogP contribution in [0.2, 0.25) is 0 Å². The summed E-state index contributed by atoms with van der Waals surface area (Å²) in [6.45, 7) is 0.752. The molecule has 1 heterocycles. The third-order valence-corrected chi connectivity index (χ3v) is 2.48. The average Bonchev–Trinajstić information content (AvgIpc) is 1.84. The predicted molar refractivity (Wildman–Crippen MR) is 28.3 cm³/mol. The summed E-state index contributed by atoms with van der Waals surface area (Å²) in [7, 11) is -2.30. The minimum Gasteiger partial charge on any atom is -0.240 e. The maximum absolute atomic E-state index is 10.5. The summed E-state index contributed by atoms with van der Waals surface area (Å²) >= 11 is 0. The summed E-state index contributed by atoms with van der Waals surface area (Å²) < 4.78 is 20.0. The van der Waals surface area contributed by atoms with Crippen molar-refractivity contribution in [1.82, 2.24) is 4.72 Å². The molecular weight excluding hydrogens is 112 g/mol. The topological polar surface area (TPSA) is 53.0 Å². The minimum absolute atomic E-state index is 0.535. The van der Waals surface area contributed by atoms with E-state index in [-0.39, 0.29) is 0 Å². The van der Waals surface area contributed by atoms with Crippen molar-refractivity contribution < 1.29 is 4.21 Å². The van der Waals surface area contributed by atoms with E-state index in [2.05, 4.69) is 4.72 Å². The smallest absolute Gasteiger partial charge is 0.105 e. The van der Waals surface area contributed by atoms with Gasteiger partial charge in [0.2, 0.25) is 0 Å². The van der Waals surface area contributed by atoms with Crippen LogP contribution in [0.3, 0.4) is 0 Å². The second-order valence-electron chi connectivity index (χ2n) is 1.63. The first-order valence-electron chi connectivity index (χ1n) is 2.22. The zero-order valence-electron chi connectivity index (χ0n) is 3.94. The molecule has 1 saturated heterocycles. The molecule has 0 aromatic carbocycles. The lowest BCUT2D eigenvalue weighted by molar-refractivity contribution is 0.673.